The maximum atomic E-state index is 13.7. The molecule has 0 bridgehead atoms. The van der Waals surface area contributed by atoms with Crippen LogP contribution in [0.5, 0.6) is 5.75 Å². The summed E-state index contributed by atoms with van der Waals surface area (Å²) in [6, 6.07) is 11.4. The standard InChI is InChI=1S/C47H64ClN3O11/c1-29(2)23-38-41(54)60-36(30(3)15-16-31-17-19-32(20-18-31)26-59-42(55)46(7,8)28-50-44(57)62-45(4,5)6)13-12-14-39(52)51-35(25-33-21-22-37(58-11)34(48)24-33)40(53)49-27-47(9,10)43(56)61-38/h12,14-22,24,29-30,35-36,38H,13,23,25-28H2,1-11H3,(H,49,53)(H,50,57)(H,51,52)/b14-12+,16-15+/t30-,35-,36+,38+/m1/s1. The number of methoxy groups -OCH3 is 1. The van der Waals surface area contributed by atoms with Gasteiger partial charge in [0.05, 0.1) is 23.0 Å². The molecule has 3 rings (SSSR count). The first-order valence-electron chi connectivity index (χ1n) is 20.8. The van der Waals surface area contributed by atoms with E-state index in [-0.39, 0.29) is 50.8 Å². The summed E-state index contributed by atoms with van der Waals surface area (Å²) in [6.45, 7) is 17.4. The van der Waals surface area contributed by atoms with Crippen molar-refractivity contribution in [3.63, 3.8) is 0 Å². The molecular formula is C47H64ClN3O11. The first kappa shape index (κ1) is 51.0. The molecule has 2 aromatic carbocycles. The third kappa shape index (κ3) is 16.8. The van der Waals surface area contributed by atoms with Crippen molar-refractivity contribution < 1.29 is 52.5 Å². The van der Waals surface area contributed by atoms with Crippen LogP contribution in [0, 0.1) is 22.7 Å². The van der Waals surface area contributed by atoms with Gasteiger partial charge in [-0.1, -0.05) is 80.9 Å². The molecule has 340 valence electrons. The molecule has 0 unspecified atom stereocenters. The van der Waals surface area contributed by atoms with E-state index in [2.05, 4.69) is 16.0 Å². The Labute approximate surface area is 370 Å². The van der Waals surface area contributed by atoms with Gasteiger partial charge in [-0.2, -0.15) is 0 Å². The van der Waals surface area contributed by atoms with Crippen LogP contribution in [0.4, 0.5) is 4.79 Å². The van der Waals surface area contributed by atoms with Crippen LogP contribution in [0.2, 0.25) is 5.02 Å². The molecule has 1 aliphatic rings. The molecule has 15 heteroatoms. The lowest BCUT2D eigenvalue weighted by atomic mass is 9.93. The Kier molecular flexibility index (Phi) is 18.6. The number of nitrogens with one attached hydrogen (secondary N) is 3. The number of benzene rings is 2. The molecule has 14 nitrogen and oxygen atoms in total. The fraction of sp³-hybridized carbons (Fsp3) is 0.532. The fourth-order valence-electron chi connectivity index (χ4n) is 5.95. The summed E-state index contributed by atoms with van der Waals surface area (Å²) >= 11 is 6.35. The number of amides is 3. The lowest BCUT2D eigenvalue weighted by molar-refractivity contribution is -0.178. The summed E-state index contributed by atoms with van der Waals surface area (Å²) < 4.78 is 27.9. The molecule has 0 spiro atoms. The smallest absolute Gasteiger partial charge is 0.407 e. The zero-order chi connectivity index (χ0) is 46.4. The summed E-state index contributed by atoms with van der Waals surface area (Å²) in [7, 11) is 1.49. The molecular weight excluding hydrogens is 818 g/mol. The normalized spacial score (nSPS) is 20.3. The number of esters is 3. The van der Waals surface area contributed by atoms with Crippen molar-refractivity contribution in [2.24, 2.45) is 22.7 Å². The lowest BCUT2D eigenvalue weighted by Crippen LogP contribution is -2.51. The highest BCUT2D eigenvalue weighted by molar-refractivity contribution is 6.32. The topological polar surface area (TPSA) is 185 Å². The lowest BCUT2D eigenvalue weighted by Gasteiger charge is -2.29. The molecule has 62 heavy (non-hydrogen) atoms. The predicted molar refractivity (Wildman–Crippen MR) is 236 cm³/mol. The average molecular weight is 882 g/mol. The number of halogens is 1. The number of cyclic esters (lactones) is 2. The third-order valence-corrected chi connectivity index (χ3v) is 10.1. The average Bonchev–Trinajstić information content (AvgIpc) is 3.18. The van der Waals surface area contributed by atoms with Gasteiger partial charge in [0.1, 0.15) is 30.1 Å². The van der Waals surface area contributed by atoms with Crippen LogP contribution in [0.25, 0.3) is 6.08 Å². The first-order valence-corrected chi connectivity index (χ1v) is 21.2. The number of carbonyl (C=O) groups excluding carboxylic acids is 6. The second kappa shape index (κ2) is 22.6. The highest BCUT2D eigenvalue weighted by Gasteiger charge is 2.37. The van der Waals surface area contributed by atoms with Crippen molar-refractivity contribution in [1.29, 1.82) is 0 Å². The van der Waals surface area contributed by atoms with Gasteiger partial charge in [-0.25, -0.2) is 9.59 Å². The largest absolute Gasteiger partial charge is 0.495 e. The second-order valence-electron chi connectivity index (χ2n) is 18.2. The Morgan fingerprint density at radius 2 is 1.65 bits per heavy atom. The highest BCUT2D eigenvalue weighted by atomic mass is 35.5. The van der Waals surface area contributed by atoms with Crippen LogP contribution in [0.15, 0.2) is 60.7 Å². The van der Waals surface area contributed by atoms with Crippen LogP contribution in [-0.4, -0.2) is 79.9 Å². The molecule has 0 aromatic heterocycles. The van der Waals surface area contributed by atoms with Crippen LogP contribution < -0.4 is 20.7 Å². The fourth-order valence-corrected chi connectivity index (χ4v) is 6.23. The van der Waals surface area contributed by atoms with Crippen molar-refractivity contribution in [1.82, 2.24) is 16.0 Å². The van der Waals surface area contributed by atoms with Crippen LogP contribution in [0.3, 0.4) is 0 Å². The molecule has 1 heterocycles. The van der Waals surface area contributed by atoms with E-state index >= 15 is 0 Å². The maximum Gasteiger partial charge on any atom is 0.407 e. The summed E-state index contributed by atoms with van der Waals surface area (Å²) in [5.74, 6) is -2.92. The zero-order valence-corrected chi connectivity index (χ0v) is 38.6. The van der Waals surface area contributed by atoms with Crippen LogP contribution in [0.1, 0.15) is 98.8 Å². The molecule has 0 aliphatic carbocycles. The molecule has 1 aliphatic heterocycles. The molecule has 0 radical (unpaired) electrons. The summed E-state index contributed by atoms with van der Waals surface area (Å²) in [4.78, 5) is 79.1. The molecule has 0 saturated heterocycles. The Morgan fingerprint density at radius 1 is 0.984 bits per heavy atom. The molecule has 0 saturated carbocycles. The van der Waals surface area contributed by atoms with Gasteiger partial charge < -0.3 is 39.6 Å². The number of hydrogen-bond donors (Lipinski definition) is 3. The van der Waals surface area contributed by atoms with E-state index in [1.54, 1.807) is 72.7 Å². The zero-order valence-electron chi connectivity index (χ0n) is 37.8. The van der Waals surface area contributed by atoms with Gasteiger partial charge in [0.25, 0.3) is 0 Å². The minimum atomic E-state index is -1.25. The molecule has 0 fully saturated rings. The minimum absolute atomic E-state index is 0.0214. The van der Waals surface area contributed by atoms with E-state index in [0.29, 0.717) is 16.3 Å². The molecule has 2 aromatic rings. The van der Waals surface area contributed by atoms with E-state index in [4.69, 9.17) is 35.3 Å². The van der Waals surface area contributed by atoms with Gasteiger partial charge in [0, 0.05) is 31.8 Å². The Bertz CT molecular complexity index is 1950. The number of carbonyl (C=O) groups is 6. The molecule has 4 atom stereocenters. The van der Waals surface area contributed by atoms with E-state index in [9.17, 15) is 28.8 Å². The number of alkyl carbamates (subject to hydrolysis) is 1. The van der Waals surface area contributed by atoms with Crippen LogP contribution in [-0.2, 0) is 55.9 Å². The van der Waals surface area contributed by atoms with E-state index in [0.717, 1.165) is 11.1 Å². The third-order valence-electron chi connectivity index (χ3n) is 9.80. The van der Waals surface area contributed by atoms with Gasteiger partial charge in [-0.15, -0.1) is 0 Å². The Hall–Kier alpha value is -5.37. The van der Waals surface area contributed by atoms with Crippen molar-refractivity contribution >= 4 is 53.5 Å². The van der Waals surface area contributed by atoms with Gasteiger partial charge in [-0.05, 0) is 95.7 Å². The van der Waals surface area contributed by atoms with Crippen molar-refractivity contribution in [3.05, 3.63) is 82.4 Å². The summed E-state index contributed by atoms with van der Waals surface area (Å²) in [5, 5.41) is 8.48. The van der Waals surface area contributed by atoms with Gasteiger partial charge in [0.15, 0.2) is 6.10 Å². The van der Waals surface area contributed by atoms with Gasteiger partial charge >= 0.3 is 24.0 Å². The van der Waals surface area contributed by atoms with Crippen LogP contribution >= 0.6 is 11.6 Å². The monoisotopic (exact) mass is 881 g/mol. The Balaban J connectivity index is 1.79. The first-order chi connectivity index (χ1) is 28.9. The highest BCUT2D eigenvalue weighted by Crippen LogP contribution is 2.27. The van der Waals surface area contributed by atoms with Gasteiger partial charge in [0.2, 0.25) is 11.8 Å². The summed E-state index contributed by atoms with van der Waals surface area (Å²) in [6.07, 6.45) is 4.41. The SMILES string of the molecule is COc1ccc(C[C@H]2NC(=O)/C=C/C[C@@H]([C@H](C)/C=C/c3ccc(COC(=O)C(C)(C)CNC(=O)OC(C)(C)C)cc3)OC(=O)[C@H](CC(C)C)OC(=O)C(C)(C)CNC2=O)cc1Cl. The number of hydrogen-bond acceptors (Lipinski definition) is 11. The predicted octanol–water partition coefficient (Wildman–Crippen LogP) is 7.29. The number of ether oxygens (including phenoxy) is 5. The van der Waals surface area contributed by atoms with E-state index < -0.39 is 70.5 Å². The second-order valence-corrected chi connectivity index (χ2v) is 18.7. The van der Waals surface area contributed by atoms with Gasteiger partial charge in [-0.3, -0.25) is 19.2 Å². The van der Waals surface area contributed by atoms with Crippen molar-refractivity contribution in [2.45, 2.75) is 119 Å². The van der Waals surface area contributed by atoms with E-state index in [1.807, 2.05) is 57.2 Å². The van der Waals surface area contributed by atoms with Crippen molar-refractivity contribution in [2.75, 3.05) is 20.2 Å². The summed E-state index contributed by atoms with van der Waals surface area (Å²) in [5.41, 5.74) is -0.678. The maximum absolute atomic E-state index is 13.7. The molecule has 3 N–H and O–H groups in total. The quantitative estimate of drug-likeness (QED) is 0.136. The number of rotatable bonds is 13. The minimum Gasteiger partial charge on any atom is -0.495 e. The van der Waals surface area contributed by atoms with Crippen molar-refractivity contribution in [3.8, 4) is 5.75 Å². The Morgan fingerprint density at radius 3 is 2.26 bits per heavy atom. The van der Waals surface area contributed by atoms with E-state index in [1.165, 1.54) is 13.2 Å². The molecule has 3 amide bonds.